The van der Waals surface area contributed by atoms with Crippen LogP contribution in [-0.2, 0) is 11.3 Å². The lowest BCUT2D eigenvalue weighted by molar-refractivity contribution is -0.132. The standard InChI is InChI=1S/C24H25N5O2/c1-16-25-19-9-3-2-8-18(19)24(31)29(16)14-12-22(30)28-13-6-7-17(15-28)23-26-20-10-4-5-11-21(20)27-23/h2-5,8-11,17H,6-7,12-15H2,1H3,(H,26,27)/t17-/m1/s1. The second-order valence-corrected chi connectivity index (χ2v) is 8.20. The summed E-state index contributed by atoms with van der Waals surface area (Å²) in [6, 6.07) is 15.3. The van der Waals surface area contributed by atoms with Crippen LogP contribution in [0, 0.1) is 6.92 Å². The van der Waals surface area contributed by atoms with Crippen LogP contribution in [0.3, 0.4) is 0 Å². The second-order valence-electron chi connectivity index (χ2n) is 8.20. The lowest BCUT2D eigenvalue weighted by atomic mass is 9.97. The number of H-pyrrole nitrogens is 1. The predicted molar refractivity (Wildman–Crippen MR) is 120 cm³/mol. The van der Waals surface area contributed by atoms with Crippen molar-refractivity contribution >= 4 is 27.8 Å². The molecule has 1 aliphatic rings. The van der Waals surface area contributed by atoms with Gasteiger partial charge in [-0.15, -0.1) is 0 Å². The molecule has 0 unspecified atom stereocenters. The van der Waals surface area contributed by atoms with E-state index in [4.69, 9.17) is 4.98 Å². The Kier molecular flexibility index (Phi) is 5.02. The molecule has 2 aromatic carbocycles. The van der Waals surface area contributed by atoms with Gasteiger partial charge in [-0.05, 0) is 44.0 Å². The van der Waals surface area contributed by atoms with Crippen molar-refractivity contribution in [3.05, 3.63) is 70.5 Å². The summed E-state index contributed by atoms with van der Waals surface area (Å²) in [6.07, 6.45) is 2.24. The zero-order valence-electron chi connectivity index (χ0n) is 17.5. The molecule has 5 rings (SSSR count). The van der Waals surface area contributed by atoms with E-state index in [1.807, 2.05) is 54.3 Å². The van der Waals surface area contributed by atoms with Crippen LogP contribution < -0.4 is 5.56 Å². The highest BCUT2D eigenvalue weighted by Crippen LogP contribution is 2.27. The lowest BCUT2D eigenvalue weighted by Crippen LogP contribution is -2.40. The van der Waals surface area contributed by atoms with Gasteiger partial charge in [-0.3, -0.25) is 14.2 Å². The number of nitrogens with zero attached hydrogens (tertiary/aromatic N) is 4. The Morgan fingerprint density at radius 3 is 2.71 bits per heavy atom. The predicted octanol–water partition coefficient (Wildman–Crippen LogP) is 3.38. The quantitative estimate of drug-likeness (QED) is 0.554. The molecule has 0 aliphatic carbocycles. The number of amides is 1. The number of carbonyl (C=O) groups excluding carboxylic acids is 1. The van der Waals surface area contributed by atoms with Crippen LogP contribution in [0.2, 0.25) is 0 Å². The molecule has 0 radical (unpaired) electrons. The number of nitrogens with one attached hydrogen (secondary N) is 1. The van der Waals surface area contributed by atoms with Gasteiger partial charge in [0.25, 0.3) is 5.56 Å². The van der Waals surface area contributed by atoms with Gasteiger partial charge in [-0.2, -0.15) is 0 Å². The Bertz CT molecular complexity index is 1290. The summed E-state index contributed by atoms with van der Waals surface area (Å²) < 4.78 is 1.61. The first kappa shape index (κ1) is 19.5. The van der Waals surface area contributed by atoms with Gasteiger partial charge < -0.3 is 9.88 Å². The Labute approximate surface area is 179 Å². The van der Waals surface area contributed by atoms with Crippen molar-refractivity contribution in [1.82, 2.24) is 24.4 Å². The normalized spacial score (nSPS) is 16.8. The molecule has 0 spiro atoms. The average Bonchev–Trinajstić information content (AvgIpc) is 3.23. The third-order valence-corrected chi connectivity index (χ3v) is 6.17. The minimum Gasteiger partial charge on any atom is -0.342 e. The number of piperidine rings is 1. The van der Waals surface area contributed by atoms with E-state index in [0.29, 0.717) is 29.8 Å². The van der Waals surface area contributed by atoms with Gasteiger partial charge in [0.2, 0.25) is 5.91 Å². The maximum atomic E-state index is 13.0. The van der Waals surface area contributed by atoms with Crippen LogP contribution >= 0.6 is 0 Å². The molecule has 4 aromatic rings. The van der Waals surface area contributed by atoms with Gasteiger partial charge in [0, 0.05) is 32.0 Å². The summed E-state index contributed by atoms with van der Waals surface area (Å²) in [5.41, 5.74) is 2.59. The third kappa shape index (κ3) is 3.71. The van der Waals surface area contributed by atoms with Crippen molar-refractivity contribution in [3.63, 3.8) is 0 Å². The fourth-order valence-corrected chi connectivity index (χ4v) is 4.50. The van der Waals surface area contributed by atoms with Crippen LogP contribution in [0.15, 0.2) is 53.3 Å². The Hall–Kier alpha value is -3.48. The van der Waals surface area contributed by atoms with E-state index in [1.54, 1.807) is 10.6 Å². The molecule has 158 valence electrons. The zero-order chi connectivity index (χ0) is 21.4. The van der Waals surface area contributed by atoms with Crippen molar-refractivity contribution in [2.24, 2.45) is 0 Å². The summed E-state index contributed by atoms with van der Waals surface area (Å²) in [5.74, 6) is 1.86. The van der Waals surface area contributed by atoms with E-state index < -0.39 is 0 Å². The van der Waals surface area contributed by atoms with Crippen molar-refractivity contribution in [2.45, 2.75) is 38.6 Å². The number of carbonyl (C=O) groups is 1. The Morgan fingerprint density at radius 2 is 1.87 bits per heavy atom. The van der Waals surface area contributed by atoms with Crippen LogP contribution in [0.5, 0.6) is 0 Å². The van der Waals surface area contributed by atoms with Crippen molar-refractivity contribution in [1.29, 1.82) is 0 Å². The zero-order valence-corrected chi connectivity index (χ0v) is 17.5. The number of fused-ring (bicyclic) bond motifs is 2. The van der Waals surface area contributed by atoms with Crippen LogP contribution in [-0.4, -0.2) is 43.4 Å². The molecule has 7 heteroatoms. The van der Waals surface area contributed by atoms with Crippen molar-refractivity contribution < 1.29 is 4.79 Å². The van der Waals surface area contributed by atoms with E-state index in [-0.39, 0.29) is 23.8 Å². The van der Waals surface area contributed by atoms with Crippen molar-refractivity contribution in [3.8, 4) is 0 Å². The monoisotopic (exact) mass is 415 g/mol. The van der Waals surface area contributed by atoms with Crippen molar-refractivity contribution in [2.75, 3.05) is 13.1 Å². The van der Waals surface area contributed by atoms with Crippen LogP contribution in [0.25, 0.3) is 21.9 Å². The molecule has 1 atom stereocenters. The summed E-state index contributed by atoms with van der Waals surface area (Å²) in [4.78, 5) is 40.4. The number of likely N-dealkylation sites (tertiary alicyclic amines) is 1. The molecule has 3 heterocycles. The van der Waals surface area contributed by atoms with E-state index in [1.165, 1.54) is 0 Å². The van der Waals surface area contributed by atoms with Gasteiger partial charge in [-0.25, -0.2) is 9.97 Å². The highest BCUT2D eigenvalue weighted by atomic mass is 16.2. The van der Waals surface area contributed by atoms with Crippen LogP contribution in [0.1, 0.15) is 36.8 Å². The van der Waals surface area contributed by atoms with Gasteiger partial charge in [0.1, 0.15) is 11.6 Å². The summed E-state index contributed by atoms with van der Waals surface area (Å²) >= 11 is 0. The van der Waals surface area contributed by atoms with E-state index >= 15 is 0 Å². The Balaban J connectivity index is 1.29. The number of rotatable bonds is 4. The molecule has 0 bridgehead atoms. The maximum Gasteiger partial charge on any atom is 0.261 e. The fraction of sp³-hybridized carbons (Fsp3) is 0.333. The van der Waals surface area contributed by atoms with Gasteiger partial charge in [0.05, 0.1) is 21.9 Å². The number of benzene rings is 2. The molecular weight excluding hydrogens is 390 g/mol. The van der Waals surface area contributed by atoms with E-state index in [2.05, 4.69) is 9.97 Å². The third-order valence-electron chi connectivity index (χ3n) is 6.17. The highest BCUT2D eigenvalue weighted by molar-refractivity contribution is 5.78. The molecule has 7 nitrogen and oxygen atoms in total. The minimum atomic E-state index is -0.0882. The smallest absolute Gasteiger partial charge is 0.261 e. The number of hydrogen-bond acceptors (Lipinski definition) is 4. The number of aromatic nitrogens is 4. The largest absolute Gasteiger partial charge is 0.342 e. The first-order valence-corrected chi connectivity index (χ1v) is 10.8. The molecule has 1 aliphatic heterocycles. The Morgan fingerprint density at radius 1 is 1.10 bits per heavy atom. The van der Waals surface area contributed by atoms with E-state index in [0.717, 1.165) is 36.2 Å². The second kappa shape index (κ2) is 7.98. The number of imidazole rings is 1. The first-order valence-electron chi connectivity index (χ1n) is 10.8. The lowest BCUT2D eigenvalue weighted by Gasteiger charge is -2.32. The number of hydrogen-bond donors (Lipinski definition) is 1. The fourth-order valence-electron chi connectivity index (χ4n) is 4.50. The minimum absolute atomic E-state index is 0.0697. The maximum absolute atomic E-state index is 13.0. The molecular formula is C24H25N5O2. The molecule has 1 fully saturated rings. The van der Waals surface area contributed by atoms with E-state index in [9.17, 15) is 9.59 Å². The number of para-hydroxylation sites is 3. The molecule has 1 saturated heterocycles. The molecule has 1 N–H and O–H groups in total. The molecule has 1 amide bonds. The SMILES string of the molecule is Cc1nc2ccccc2c(=O)n1CCC(=O)N1CCC[C@@H](c2nc3ccccc3[nH]2)C1. The first-order chi connectivity index (χ1) is 15.1. The molecule has 2 aromatic heterocycles. The summed E-state index contributed by atoms with van der Waals surface area (Å²) in [5, 5.41) is 0.587. The van der Waals surface area contributed by atoms with Gasteiger partial charge in [0.15, 0.2) is 0 Å². The number of aryl methyl sites for hydroxylation is 1. The van der Waals surface area contributed by atoms with Crippen LogP contribution in [0.4, 0.5) is 0 Å². The summed E-state index contributed by atoms with van der Waals surface area (Å²) in [6.45, 7) is 3.56. The molecule has 0 saturated carbocycles. The summed E-state index contributed by atoms with van der Waals surface area (Å²) in [7, 11) is 0. The van der Waals surface area contributed by atoms with Gasteiger partial charge in [-0.1, -0.05) is 24.3 Å². The molecule has 31 heavy (non-hydrogen) atoms. The topological polar surface area (TPSA) is 83.9 Å². The van der Waals surface area contributed by atoms with Gasteiger partial charge >= 0.3 is 0 Å². The number of aromatic amines is 1. The highest BCUT2D eigenvalue weighted by Gasteiger charge is 2.26. The average molecular weight is 415 g/mol.